The van der Waals surface area contributed by atoms with Gasteiger partial charge in [0.25, 0.3) is 0 Å². The molecule has 0 radical (unpaired) electrons. The summed E-state index contributed by atoms with van der Waals surface area (Å²) >= 11 is 11.6. The second-order valence-corrected chi connectivity index (χ2v) is 5.51. The first-order chi connectivity index (χ1) is 10.9. The van der Waals surface area contributed by atoms with Gasteiger partial charge in [-0.05, 0) is 36.8 Å². The van der Waals surface area contributed by atoms with Crippen LogP contribution >= 0.6 is 23.2 Å². The Kier molecular flexibility index (Phi) is 4.07. The first kappa shape index (κ1) is 15.5. The Morgan fingerprint density at radius 2 is 1.96 bits per heavy atom. The molecule has 0 amide bonds. The molecule has 116 valence electrons. The van der Waals surface area contributed by atoms with E-state index < -0.39 is 11.6 Å². The Morgan fingerprint density at radius 3 is 2.70 bits per heavy atom. The molecular weight excluding hydrogens is 341 g/mol. The summed E-state index contributed by atoms with van der Waals surface area (Å²) in [5, 5.41) is 0.885. The fourth-order valence-electron chi connectivity index (χ4n) is 2.10. The summed E-state index contributed by atoms with van der Waals surface area (Å²) in [5.41, 5.74) is 0.727. The Balaban J connectivity index is 1.95. The summed E-state index contributed by atoms with van der Waals surface area (Å²) in [6, 6.07) is 9.03. The molecule has 3 rings (SSSR count). The minimum atomic E-state index is -0.687. The van der Waals surface area contributed by atoms with Crippen LogP contribution in [0.2, 0.25) is 10.3 Å². The van der Waals surface area contributed by atoms with E-state index in [0.29, 0.717) is 5.58 Å². The lowest BCUT2D eigenvalue weighted by atomic mass is 10.1. The maximum atomic E-state index is 12.1. The van der Waals surface area contributed by atoms with E-state index in [1.54, 1.807) is 19.1 Å². The number of halogens is 2. The number of rotatable bonds is 2. The van der Waals surface area contributed by atoms with Gasteiger partial charge in [-0.3, -0.25) is 0 Å². The number of ether oxygens (including phenoxy) is 1. The van der Waals surface area contributed by atoms with E-state index in [9.17, 15) is 9.59 Å². The van der Waals surface area contributed by atoms with E-state index in [1.807, 2.05) is 0 Å². The average molecular weight is 350 g/mol. The summed E-state index contributed by atoms with van der Waals surface area (Å²) in [7, 11) is 0. The lowest BCUT2D eigenvalue weighted by molar-refractivity contribution is 0.0734. The Bertz CT molecular complexity index is 981. The molecule has 0 aliphatic carbocycles. The van der Waals surface area contributed by atoms with Gasteiger partial charge >= 0.3 is 11.6 Å². The van der Waals surface area contributed by atoms with Gasteiger partial charge in [-0.2, -0.15) is 0 Å². The Labute approximate surface area is 140 Å². The molecule has 2 heterocycles. The molecule has 0 N–H and O–H groups in total. The van der Waals surface area contributed by atoms with Crippen molar-refractivity contribution in [1.29, 1.82) is 0 Å². The highest BCUT2D eigenvalue weighted by molar-refractivity contribution is 6.34. The molecule has 0 unspecified atom stereocenters. The van der Waals surface area contributed by atoms with Crippen LogP contribution < -0.4 is 10.4 Å². The minimum Gasteiger partial charge on any atom is -0.423 e. The van der Waals surface area contributed by atoms with Gasteiger partial charge in [0.1, 0.15) is 21.6 Å². The first-order valence-electron chi connectivity index (χ1n) is 6.53. The van der Waals surface area contributed by atoms with Gasteiger partial charge in [0, 0.05) is 17.5 Å². The van der Waals surface area contributed by atoms with Gasteiger partial charge in [-0.1, -0.05) is 23.2 Å². The van der Waals surface area contributed by atoms with Crippen LogP contribution in [0.1, 0.15) is 15.9 Å². The number of nitrogens with zero attached hydrogens (tertiary/aromatic N) is 1. The summed E-state index contributed by atoms with van der Waals surface area (Å²) in [5.74, 6) is -0.462. The number of hydrogen-bond donors (Lipinski definition) is 0. The van der Waals surface area contributed by atoms with E-state index >= 15 is 0 Å². The number of pyridine rings is 1. The second-order valence-electron chi connectivity index (χ2n) is 4.77. The molecule has 23 heavy (non-hydrogen) atoms. The summed E-state index contributed by atoms with van der Waals surface area (Å²) in [6.45, 7) is 1.80. The molecule has 2 aromatic heterocycles. The molecule has 0 saturated heterocycles. The highest BCUT2D eigenvalue weighted by Crippen LogP contribution is 2.24. The van der Waals surface area contributed by atoms with Gasteiger partial charge < -0.3 is 9.15 Å². The van der Waals surface area contributed by atoms with Gasteiger partial charge in [0.05, 0.1) is 5.56 Å². The predicted molar refractivity (Wildman–Crippen MR) is 86.4 cm³/mol. The Hall–Kier alpha value is -2.37. The molecule has 0 aliphatic rings. The van der Waals surface area contributed by atoms with Crippen molar-refractivity contribution in [3.8, 4) is 5.75 Å². The van der Waals surface area contributed by atoms with E-state index in [-0.39, 0.29) is 21.6 Å². The largest absolute Gasteiger partial charge is 0.423 e. The van der Waals surface area contributed by atoms with Gasteiger partial charge in [-0.15, -0.1) is 0 Å². The normalized spacial score (nSPS) is 10.7. The third-order valence-corrected chi connectivity index (χ3v) is 3.67. The fourth-order valence-corrected chi connectivity index (χ4v) is 2.52. The Morgan fingerprint density at radius 1 is 1.17 bits per heavy atom. The quantitative estimate of drug-likeness (QED) is 0.302. The van der Waals surface area contributed by atoms with Crippen molar-refractivity contribution in [2.45, 2.75) is 6.92 Å². The molecule has 0 spiro atoms. The molecule has 0 saturated carbocycles. The predicted octanol–water partition coefficient (Wildman–Crippen LogP) is 4.02. The maximum Gasteiger partial charge on any atom is 0.346 e. The lowest BCUT2D eigenvalue weighted by Gasteiger charge is -2.07. The maximum absolute atomic E-state index is 12.1. The van der Waals surface area contributed by atoms with E-state index in [0.717, 1.165) is 10.9 Å². The third-order valence-electron chi connectivity index (χ3n) is 3.17. The number of esters is 1. The first-order valence-corrected chi connectivity index (χ1v) is 7.28. The van der Waals surface area contributed by atoms with Gasteiger partial charge in [0.15, 0.2) is 0 Å². The zero-order valence-electron chi connectivity index (χ0n) is 11.8. The van der Waals surface area contributed by atoms with E-state index in [2.05, 4.69) is 4.98 Å². The molecule has 5 nitrogen and oxygen atoms in total. The standard InChI is InChI=1S/C16H9Cl2NO4/c1-8-6-14(20)23-12-7-9(2-3-10(8)12)22-16(21)11-4-5-13(17)19-15(11)18/h2-7H,1H3. The van der Waals surface area contributed by atoms with Crippen LogP contribution in [-0.4, -0.2) is 11.0 Å². The number of aromatic nitrogens is 1. The summed E-state index contributed by atoms with van der Waals surface area (Å²) < 4.78 is 10.3. The van der Waals surface area contributed by atoms with Crippen LogP contribution in [0, 0.1) is 6.92 Å². The van der Waals surface area contributed by atoms with Crippen LogP contribution in [0.5, 0.6) is 5.75 Å². The number of carbonyl (C=O) groups is 1. The summed E-state index contributed by atoms with van der Waals surface area (Å²) in [4.78, 5) is 27.3. The minimum absolute atomic E-state index is 0.0503. The number of carbonyl (C=O) groups excluding carboxylic acids is 1. The van der Waals surface area contributed by atoms with Crippen molar-refractivity contribution in [2.75, 3.05) is 0 Å². The number of aryl methyl sites for hydroxylation is 1. The van der Waals surface area contributed by atoms with Crippen molar-refractivity contribution >= 4 is 40.1 Å². The highest BCUT2D eigenvalue weighted by Gasteiger charge is 2.15. The smallest absolute Gasteiger partial charge is 0.346 e. The third kappa shape index (κ3) is 3.21. The van der Waals surface area contributed by atoms with Crippen molar-refractivity contribution in [3.05, 3.63) is 68.3 Å². The van der Waals surface area contributed by atoms with E-state index in [4.69, 9.17) is 32.4 Å². The van der Waals surface area contributed by atoms with Crippen molar-refractivity contribution in [3.63, 3.8) is 0 Å². The molecule has 0 atom stereocenters. The monoisotopic (exact) mass is 349 g/mol. The van der Waals surface area contributed by atoms with Crippen LogP contribution in [0.25, 0.3) is 11.0 Å². The van der Waals surface area contributed by atoms with Crippen molar-refractivity contribution in [2.24, 2.45) is 0 Å². The van der Waals surface area contributed by atoms with Gasteiger partial charge in [-0.25, -0.2) is 14.6 Å². The molecule has 7 heteroatoms. The highest BCUT2D eigenvalue weighted by atomic mass is 35.5. The van der Waals surface area contributed by atoms with Crippen molar-refractivity contribution in [1.82, 2.24) is 4.98 Å². The molecule has 3 aromatic rings. The lowest BCUT2D eigenvalue weighted by Crippen LogP contribution is -2.10. The SMILES string of the molecule is Cc1cc(=O)oc2cc(OC(=O)c3ccc(Cl)nc3Cl)ccc12. The zero-order valence-corrected chi connectivity index (χ0v) is 13.3. The van der Waals surface area contributed by atoms with Crippen molar-refractivity contribution < 1.29 is 13.9 Å². The average Bonchev–Trinajstić information content (AvgIpc) is 2.46. The molecule has 0 bridgehead atoms. The molecule has 1 aromatic carbocycles. The van der Waals surface area contributed by atoms with Crippen LogP contribution in [0.15, 0.2) is 45.6 Å². The van der Waals surface area contributed by atoms with Crippen LogP contribution in [0.3, 0.4) is 0 Å². The number of benzene rings is 1. The molecule has 0 aliphatic heterocycles. The topological polar surface area (TPSA) is 69.4 Å². The van der Waals surface area contributed by atoms with Gasteiger partial charge in [0.2, 0.25) is 0 Å². The summed E-state index contributed by atoms with van der Waals surface area (Å²) in [6.07, 6.45) is 0. The van der Waals surface area contributed by atoms with Crippen LogP contribution in [0.4, 0.5) is 0 Å². The second kappa shape index (κ2) is 6.02. The van der Waals surface area contributed by atoms with Crippen LogP contribution in [-0.2, 0) is 0 Å². The molecular formula is C16H9Cl2NO4. The molecule has 0 fully saturated rings. The number of fused-ring (bicyclic) bond motifs is 1. The number of hydrogen-bond acceptors (Lipinski definition) is 5. The fraction of sp³-hybridized carbons (Fsp3) is 0.0625. The zero-order chi connectivity index (χ0) is 16.6. The van der Waals surface area contributed by atoms with E-state index in [1.165, 1.54) is 24.3 Å².